The Morgan fingerprint density at radius 2 is 1.12 bits per heavy atom. The van der Waals surface area contributed by atoms with Gasteiger partial charge in [-0.15, -0.1) is 0 Å². The van der Waals surface area contributed by atoms with E-state index in [4.69, 9.17) is 0 Å². The second-order valence-corrected chi connectivity index (χ2v) is 7.63. The predicted molar refractivity (Wildman–Crippen MR) is 69.6 cm³/mol. The van der Waals surface area contributed by atoms with Crippen LogP contribution in [0, 0.1) is 22.7 Å². The van der Waals surface area contributed by atoms with Crippen molar-refractivity contribution in [1.29, 1.82) is 0 Å². The fraction of sp³-hybridized carbons (Fsp3) is 1.00. The lowest BCUT2D eigenvalue weighted by atomic mass is 9.43. The highest BCUT2D eigenvalue weighted by molar-refractivity contribution is 5.12. The van der Waals surface area contributed by atoms with Gasteiger partial charge in [0, 0.05) is 10.8 Å². The molecule has 0 amide bonds. The van der Waals surface area contributed by atoms with Crippen molar-refractivity contribution in [3.8, 4) is 0 Å². The van der Waals surface area contributed by atoms with Gasteiger partial charge in [-0.1, -0.05) is 39.5 Å². The number of alkyl halides is 1. The zero-order valence-corrected chi connectivity index (χ0v) is 11.5. The van der Waals surface area contributed by atoms with E-state index in [1.165, 1.54) is 57.8 Å². The summed E-state index contributed by atoms with van der Waals surface area (Å²) in [5.41, 5.74) is 0.264. The van der Waals surface area contributed by atoms with Crippen LogP contribution >= 0.6 is 0 Å². The van der Waals surface area contributed by atoms with Gasteiger partial charge in [-0.2, -0.15) is 0 Å². The lowest BCUT2D eigenvalue weighted by Gasteiger charge is -2.63. The maximum atomic E-state index is 14.9. The molecule has 0 aliphatic heterocycles. The van der Waals surface area contributed by atoms with Crippen LogP contribution in [0.2, 0.25) is 0 Å². The zero-order chi connectivity index (χ0) is 12.1. The van der Waals surface area contributed by atoms with Crippen LogP contribution in [0.15, 0.2) is 0 Å². The van der Waals surface area contributed by atoms with Crippen LogP contribution in [-0.2, 0) is 0 Å². The lowest BCUT2D eigenvalue weighted by Crippen LogP contribution is -2.60. The molecule has 3 saturated carbocycles. The molecule has 0 aromatic heterocycles. The first kappa shape index (κ1) is 12.0. The monoisotopic (exact) mass is 238 g/mol. The van der Waals surface area contributed by atoms with Gasteiger partial charge in [-0.05, 0) is 43.9 Å². The van der Waals surface area contributed by atoms with Gasteiger partial charge in [0.25, 0.3) is 0 Å². The van der Waals surface area contributed by atoms with Gasteiger partial charge in [0.05, 0.1) is 0 Å². The summed E-state index contributed by atoms with van der Waals surface area (Å²) in [4.78, 5) is 0. The third-order valence-electron chi connectivity index (χ3n) is 6.32. The molecular formula is C16H27F. The first-order chi connectivity index (χ1) is 8.06. The van der Waals surface area contributed by atoms with Gasteiger partial charge >= 0.3 is 0 Å². The molecule has 17 heavy (non-hydrogen) atoms. The molecule has 0 nitrogen and oxygen atoms in total. The van der Waals surface area contributed by atoms with Crippen molar-refractivity contribution < 1.29 is 4.39 Å². The van der Waals surface area contributed by atoms with Crippen LogP contribution in [0.3, 0.4) is 0 Å². The SMILES string of the molecule is CC1CC[C@]2(CC1)C[C@@]1(CCC(C)CC1)C2F. The van der Waals surface area contributed by atoms with Crippen molar-refractivity contribution >= 4 is 0 Å². The molecule has 98 valence electrons. The second kappa shape index (κ2) is 3.96. The van der Waals surface area contributed by atoms with Crippen LogP contribution < -0.4 is 0 Å². The van der Waals surface area contributed by atoms with E-state index < -0.39 is 6.17 Å². The molecule has 2 spiro atoms. The van der Waals surface area contributed by atoms with E-state index in [2.05, 4.69) is 13.8 Å². The minimum absolute atomic E-state index is 0.132. The van der Waals surface area contributed by atoms with Crippen LogP contribution in [0.5, 0.6) is 0 Å². The van der Waals surface area contributed by atoms with Crippen molar-refractivity contribution in [2.24, 2.45) is 22.7 Å². The van der Waals surface area contributed by atoms with E-state index >= 15 is 0 Å². The van der Waals surface area contributed by atoms with Gasteiger partial charge in [0.2, 0.25) is 0 Å². The Morgan fingerprint density at radius 3 is 1.41 bits per heavy atom. The molecule has 0 N–H and O–H groups in total. The predicted octanol–water partition coefficient (Wildman–Crippen LogP) is 5.12. The highest BCUT2D eigenvalue weighted by atomic mass is 19.1. The zero-order valence-electron chi connectivity index (χ0n) is 11.5. The van der Waals surface area contributed by atoms with E-state index in [-0.39, 0.29) is 10.8 Å². The van der Waals surface area contributed by atoms with Crippen molar-refractivity contribution in [2.45, 2.75) is 77.8 Å². The summed E-state index contributed by atoms with van der Waals surface area (Å²) in [6.45, 7) is 4.66. The summed E-state index contributed by atoms with van der Waals surface area (Å²) in [5.74, 6) is 1.69. The Labute approximate surface area is 105 Å². The largest absolute Gasteiger partial charge is 0.246 e. The van der Waals surface area contributed by atoms with E-state index in [1.807, 2.05) is 0 Å². The molecule has 0 unspecified atom stereocenters. The van der Waals surface area contributed by atoms with Gasteiger partial charge in [0.15, 0.2) is 0 Å². The molecule has 0 atom stereocenters. The third kappa shape index (κ3) is 1.76. The van der Waals surface area contributed by atoms with Crippen LogP contribution in [0.1, 0.15) is 71.6 Å². The van der Waals surface area contributed by atoms with E-state index in [9.17, 15) is 4.39 Å². The Morgan fingerprint density at radius 1 is 0.765 bits per heavy atom. The summed E-state index contributed by atoms with van der Waals surface area (Å²) in [6.07, 6.45) is 10.5. The molecule has 0 aromatic carbocycles. The highest BCUT2D eigenvalue weighted by Crippen LogP contribution is 2.67. The van der Waals surface area contributed by atoms with Gasteiger partial charge in [-0.25, -0.2) is 4.39 Å². The minimum Gasteiger partial charge on any atom is -0.246 e. The van der Waals surface area contributed by atoms with Crippen molar-refractivity contribution in [2.75, 3.05) is 0 Å². The number of hydrogen-bond acceptors (Lipinski definition) is 0. The van der Waals surface area contributed by atoms with Gasteiger partial charge < -0.3 is 0 Å². The number of hydrogen-bond donors (Lipinski definition) is 0. The molecule has 3 aliphatic carbocycles. The Balaban J connectivity index is 1.66. The molecule has 0 aromatic rings. The van der Waals surface area contributed by atoms with Gasteiger partial charge in [-0.3, -0.25) is 0 Å². The minimum atomic E-state index is -0.463. The van der Waals surface area contributed by atoms with Crippen molar-refractivity contribution in [3.63, 3.8) is 0 Å². The van der Waals surface area contributed by atoms with E-state index in [0.717, 1.165) is 11.8 Å². The Hall–Kier alpha value is -0.0700. The highest BCUT2D eigenvalue weighted by Gasteiger charge is 2.63. The van der Waals surface area contributed by atoms with E-state index in [0.29, 0.717) is 0 Å². The first-order valence-corrected chi connectivity index (χ1v) is 7.70. The van der Waals surface area contributed by atoms with Crippen LogP contribution in [-0.4, -0.2) is 6.17 Å². The quantitative estimate of drug-likeness (QED) is 0.549. The standard InChI is InChI=1S/C16H27F/c1-12-3-7-15(8-4-12)11-16(14(15)17)9-5-13(2)6-10-16/h12-14H,3-11H2,1-2H3/t12?,13?,14?,15-,16-. The average Bonchev–Trinajstić information content (AvgIpc) is 2.35. The van der Waals surface area contributed by atoms with Gasteiger partial charge in [0.1, 0.15) is 6.17 Å². The number of halogens is 1. The normalized spacial score (nSPS) is 54.9. The van der Waals surface area contributed by atoms with E-state index in [1.54, 1.807) is 0 Å². The summed E-state index contributed by atoms with van der Waals surface area (Å²) in [5, 5.41) is 0. The molecule has 0 radical (unpaired) electrons. The molecular weight excluding hydrogens is 211 g/mol. The maximum Gasteiger partial charge on any atom is 0.111 e. The molecule has 0 bridgehead atoms. The van der Waals surface area contributed by atoms with Crippen molar-refractivity contribution in [1.82, 2.24) is 0 Å². The summed E-state index contributed by atoms with van der Waals surface area (Å²) in [7, 11) is 0. The first-order valence-electron chi connectivity index (χ1n) is 7.70. The maximum absolute atomic E-state index is 14.9. The molecule has 3 fully saturated rings. The Bertz CT molecular complexity index is 252. The summed E-state index contributed by atoms with van der Waals surface area (Å²) in [6, 6.07) is 0. The number of rotatable bonds is 0. The molecule has 1 heteroatoms. The fourth-order valence-corrected chi connectivity index (χ4v) is 4.93. The summed E-state index contributed by atoms with van der Waals surface area (Å²) < 4.78 is 14.9. The third-order valence-corrected chi connectivity index (χ3v) is 6.32. The second-order valence-electron chi connectivity index (χ2n) is 7.63. The average molecular weight is 238 g/mol. The topological polar surface area (TPSA) is 0 Å². The molecule has 0 heterocycles. The molecule has 3 aliphatic rings. The summed E-state index contributed by atoms with van der Waals surface area (Å²) >= 11 is 0. The van der Waals surface area contributed by atoms with Crippen LogP contribution in [0.4, 0.5) is 4.39 Å². The molecule has 0 saturated heterocycles. The lowest BCUT2D eigenvalue weighted by molar-refractivity contribution is -0.183. The van der Waals surface area contributed by atoms with Crippen molar-refractivity contribution in [3.05, 3.63) is 0 Å². The Kier molecular flexibility index (Phi) is 2.80. The fourth-order valence-electron chi connectivity index (χ4n) is 4.93. The smallest absolute Gasteiger partial charge is 0.111 e. The van der Waals surface area contributed by atoms with Crippen LogP contribution in [0.25, 0.3) is 0 Å². The molecule has 3 rings (SSSR count).